The van der Waals surface area contributed by atoms with Gasteiger partial charge < -0.3 is 0 Å². The first-order valence-corrected chi connectivity index (χ1v) is 6.05. The van der Waals surface area contributed by atoms with Crippen molar-refractivity contribution in [3.63, 3.8) is 0 Å². The summed E-state index contributed by atoms with van der Waals surface area (Å²) in [5.41, 5.74) is 0.499. The maximum absolute atomic E-state index is 11.8. The monoisotopic (exact) mass is 256 g/mol. The summed E-state index contributed by atoms with van der Waals surface area (Å²) in [5, 5.41) is 1.05. The number of ketones is 1. The van der Waals surface area contributed by atoms with Crippen molar-refractivity contribution in [2.45, 2.75) is 26.2 Å². The second kappa shape index (κ2) is 6.72. The van der Waals surface area contributed by atoms with Gasteiger partial charge in [-0.1, -0.05) is 48.7 Å². The van der Waals surface area contributed by atoms with Crippen molar-refractivity contribution < 1.29 is 4.79 Å². The zero-order valence-corrected chi connectivity index (χ0v) is 10.7. The van der Waals surface area contributed by atoms with Crippen LogP contribution in [0.15, 0.2) is 35.4 Å². The van der Waals surface area contributed by atoms with Crippen molar-refractivity contribution in [1.82, 2.24) is 0 Å². The smallest absolute Gasteiger partial charge is 0.188 e. The van der Waals surface area contributed by atoms with Gasteiger partial charge in [-0.2, -0.15) is 0 Å². The molecule has 3 heteroatoms. The number of hydrogen-bond acceptors (Lipinski definition) is 1. The zero-order valence-electron chi connectivity index (χ0n) is 9.17. The van der Waals surface area contributed by atoms with E-state index in [1.807, 2.05) is 0 Å². The molecular formula is C13H14Cl2O. The summed E-state index contributed by atoms with van der Waals surface area (Å²) >= 11 is 11.9. The Morgan fingerprint density at radius 2 is 2.06 bits per heavy atom. The lowest BCUT2D eigenvalue weighted by Gasteiger charge is -2.00. The lowest BCUT2D eigenvalue weighted by Crippen LogP contribution is -1.96. The van der Waals surface area contributed by atoms with Crippen molar-refractivity contribution in [1.29, 1.82) is 0 Å². The third-order valence-corrected chi connectivity index (χ3v) is 2.82. The van der Waals surface area contributed by atoms with E-state index in [0.717, 1.165) is 19.3 Å². The minimum atomic E-state index is -0.133. The summed E-state index contributed by atoms with van der Waals surface area (Å²) in [6, 6.07) is 6.97. The Balaban J connectivity index is 2.76. The highest BCUT2D eigenvalue weighted by atomic mass is 35.5. The van der Waals surface area contributed by atoms with Crippen LogP contribution in [0.1, 0.15) is 36.5 Å². The van der Waals surface area contributed by atoms with E-state index in [1.165, 1.54) is 6.08 Å². The number of unbranched alkanes of at least 4 members (excludes halogenated alkanes) is 1. The largest absolute Gasteiger partial charge is 0.289 e. The number of carbonyl (C=O) groups excluding carboxylic acids is 1. The molecule has 0 amide bonds. The zero-order chi connectivity index (χ0) is 12.0. The fraction of sp³-hybridized carbons (Fsp3) is 0.308. The Labute approximate surface area is 106 Å². The fourth-order valence-corrected chi connectivity index (χ4v) is 1.76. The second-order valence-corrected chi connectivity index (χ2v) is 4.43. The van der Waals surface area contributed by atoms with Crippen LogP contribution < -0.4 is 0 Å². The standard InChI is InChI=1S/C13H14Cl2O/c1-2-3-6-10(14)9-13(16)11-7-4-5-8-12(11)15/h4-5,7-9H,2-3,6H2,1H3/b10-9-. The molecule has 86 valence electrons. The highest BCUT2D eigenvalue weighted by Crippen LogP contribution is 2.18. The van der Waals surface area contributed by atoms with E-state index >= 15 is 0 Å². The van der Waals surface area contributed by atoms with Crippen LogP contribution in [-0.4, -0.2) is 5.78 Å². The Bertz CT molecular complexity index is 397. The van der Waals surface area contributed by atoms with Crippen molar-refractivity contribution in [2.75, 3.05) is 0 Å². The molecule has 1 aromatic rings. The first-order valence-electron chi connectivity index (χ1n) is 5.30. The summed E-state index contributed by atoms with van der Waals surface area (Å²) in [6.07, 6.45) is 4.25. The van der Waals surface area contributed by atoms with Gasteiger partial charge in [0.2, 0.25) is 0 Å². The van der Waals surface area contributed by atoms with Gasteiger partial charge in [-0.25, -0.2) is 0 Å². The summed E-state index contributed by atoms with van der Waals surface area (Å²) < 4.78 is 0. The van der Waals surface area contributed by atoms with E-state index in [2.05, 4.69) is 6.92 Å². The quantitative estimate of drug-likeness (QED) is 0.545. The first kappa shape index (κ1) is 13.3. The molecule has 16 heavy (non-hydrogen) atoms. The van der Waals surface area contributed by atoms with Gasteiger partial charge in [-0.3, -0.25) is 4.79 Å². The Morgan fingerprint density at radius 1 is 1.38 bits per heavy atom. The molecule has 1 aromatic carbocycles. The second-order valence-electron chi connectivity index (χ2n) is 3.54. The summed E-state index contributed by atoms with van der Waals surface area (Å²) in [4.78, 5) is 11.8. The van der Waals surface area contributed by atoms with Crippen LogP contribution >= 0.6 is 23.2 Å². The van der Waals surface area contributed by atoms with Crippen LogP contribution in [0.5, 0.6) is 0 Å². The molecule has 0 aliphatic carbocycles. The minimum Gasteiger partial charge on any atom is -0.289 e. The maximum atomic E-state index is 11.8. The Kier molecular flexibility index (Phi) is 5.58. The van der Waals surface area contributed by atoms with Gasteiger partial charge in [0.1, 0.15) is 0 Å². The number of carbonyl (C=O) groups is 1. The average molecular weight is 257 g/mol. The van der Waals surface area contributed by atoms with Gasteiger partial charge >= 0.3 is 0 Å². The molecule has 1 nitrogen and oxygen atoms in total. The van der Waals surface area contributed by atoms with E-state index in [0.29, 0.717) is 15.6 Å². The van der Waals surface area contributed by atoms with E-state index in [9.17, 15) is 4.79 Å². The summed E-state index contributed by atoms with van der Waals surface area (Å²) in [7, 11) is 0. The van der Waals surface area contributed by atoms with Gasteiger partial charge in [-0.15, -0.1) is 0 Å². The molecule has 0 N–H and O–H groups in total. The number of benzene rings is 1. The number of halogens is 2. The normalized spacial score (nSPS) is 11.6. The number of allylic oxidation sites excluding steroid dienone is 2. The molecule has 0 bridgehead atoms. The maximum Gasteiger partial charge on any atom is 0.188 e. The predicted octanol–water partition coefficient (Wildman–Crippen LogP) is 4.84. The van der Waals surface area contributed by atoms with Gasteiger partial charge in [0.15, 0.2) is 5.78 Å². The topological polar surface area (TPSA) is 17.1 Å². The van der Waals surface area contributed by atoms with Crippen LogP contribution in [-0.2, 0) is 0 Å². The molecular weight excluding hydrogens is 243 g/mol. The molecule has 0 aromatic heterocycles. The highest BCUT2D eigenvalue weighted by Gasteiger charge is 2.07. The Hall–Kier alpha value is -0.790. The van der Waals surface area contributed by atoms with E-state index in [-0.39, 0.29) is 5.78 Å². The average Bonchev–Trinajstić information content (AvgIpc) is 2.26. The molecule has 0 aliphatic rings. The van der Waals surface area contributed by atoms with Crippen LogP contribution in [0.2, 0.25) is 5.02 Å². The summed E-state index contributed by atoms with van der Waals surface area (Å²) in [6.45, 7) is 2.08. The van der Waals surface area contributed by atoms with Crippen molar-refractivity contribution >= 4 is 29.0 Å². The molecule has 0 spiro atoms. The molecule has 0 unspecified atom stereocenters. The molecule has 0 saturated heterocycles. The predicted molar refractivity (Wildman–Crippen MR) is 69.2 cm³/mol. The lowest BCUT2D eigenvalue weighted by molar-refractivity contribution is 0.104. The molecule has 1 rings (SSSR count). The third kappa shape index (κ3) is 3.99. The molecule has 0 radical (unpaired) electrons. The van der Waals surface area contributed by atoms with Crippen molar-refractivity contribution in [3.8, 4) is 0 Å². The van der Waals surface area contributed by atoms with E-state index in [4.69, 9.17) is 23.2 Å². The third-order valence-electron chi connectivity index (χ3n) is 2.20. The van der Waals surface area contributed by atoms with Gasteiger partial charge in [0, 0.05) is 16.7 Å². The van der Waals surface area contributed by atoms with Crippen LogP contribution in [0.25, 0.3) is 0 Å². The molecule has 0 heterocycles. The molecule has 0 atom stereocenters. The lowest BCUT2D eigenvalue weighted by atomic mass is 10.1. The SMILES string of the molecule is CCCC/C(Cl)=C/C(=O)c1ccccc1Cl. The van der Waals surface area contributed by atoms with E-state index < -0.39 is 0 Å². The van der Waals surface area contributed by atoms with Gasteiger partial charge in [0.25, 0.3) is 0 Å². The molecule has 0 fully saturated rings. The number of rotatable bonds is 5. The van der Waals surface area contributed by atoms with Crippen LogP contribution in [0, 0.1) is 0 Å². The fourth-order valence-electron chi connectivity index (χ4n) is 1.30. The highest BCUT2D eigenvalue weighted by molar-refractivity contribution is 6.36. The van der Waals surface area contributed by atoms with Gasteiger partial charge in [-0.05, 0) is 25.0 Å². The molecule has 0 aliphatic heterocycles. The summed E-state index contributed by atoms with van der Waals surface area (Å²) in [5.74, 6) is -0.133. The van der Waals surface area contributed by atoms with Crippen molar-refractivity contribution in [3.05, 3.63) is 46.0 Å². The number of hydrogen-bond donors (Lipinski definition) is 0. The minimum absolute atomic E-state index is 0.133. The first-order chi connectivity index (χ1) is 7.65. The van der Waals surface area contributed by atoms with Gasteiger partial charge in [0.05, 0.1) is 5.02 Å². The van der Waals surface area contributed by atoms with Crippen LogP contribution in [0.4, 0.5) is 0 Å². The Morgan fingerprint density at radius 3 is 2.69 bits per heavy atom. The van der Waals surface area contributed by atoms with Crippen LogP contribution in [0.3, 0.4) is 0 Å². The van der Waals surface area contributed by atoms with E-state index in [1.54, 1.807) is 24.3 Å². The molecule has 0 saturated carbocycles. The van der Waals surface area contributed by atoms with Crippen molar-refractivity contribution in [2.24, 2.45) is 0 Å².